The Morgan fingerprint density at radius 1 is 1.22 bits per heavy atom. The van der Waals surface area contributed by atoms with Gasteiger partial charge in [0.05, 0.1) is 0 Å². The van der Waals surface area contributed by atoms with Crippen molar-refractivity contribution in [1.82, 2.24) is 10.2 Å². The molecular formula is C16H32N2. The lowest BCUT2D eigenvalue weighted by Gasteiger charge is -2.40. The van der Waals surface area contributed by atoms with E-state index < -0.39 is 0 Å². The number of hydrogen-bond donors (Lipinski definition) is 1. The van der Waals surface area contributed by atoms with Crippen LogP contribution in [0.1, 0.15) is 58.3 Å². The molecule has 1 atom stereocenters. The normalized spacial score (nSPS) is 28.7. The molecule has 2 nitrogen and oxygen atoms in total. The molecule has 2 heteroatoms. The van der Waals surface area contributed by atoms with Gasteiger partial charge in [-0.25, -0.2) is 0 Å². The van der Waals surface area contributed by atoms with E-state index in [1.54, 1.807) is 0 Å². The minimum Gasteiger partial charge on any atom is -0.319 e. The van der Waals surface area contributed by atoms with Gasteiger partial charge >= 0.3 is 0 Å². The highest BCUT2D eigenvalue weighted by Gasteiger charge is 2.35. The number of rotatable bonds is 6. The summed E-state index contributed by atoms with van der Waals surface area (Å²) in [5.41, 5.74) is 0.591. The van der Waals surface area contributed by atoms with Gasteiger partial charge in [0.25, 0.3) is 0 Å². The molecule has 1 N–H and O–H groups in total. The van der Waals surface area contributed by atoms with Crippen LogP contribution in [0.4, 0.5) is 0 Å². The SMILES string of the molecule is CCCC1CCN(CC2(CNC)CCCCC2)C1. The highest BCUT2D eigenvalue weighted by molar-refractivity contribution is 4.89. The average molecular weight is 252 g/mol. The summed E-state index contributed by atoms with van der Waals surface area (Å²) in [6.45, 7) is 7.64. The molecule has 1 aliphatic carbocycles. The van der Waals surface area contributed by atoms with Gasteiger partial charge in [0.15, 0.2) is 0 Å². The maximum atomic E-state index is 3.46. The number of likely N-dealkylation sites (tertiary alicyclic amines) is 1. The van der Waals surface area contributed by atoms with Gasteiger partial charge in [0.2, 0.25) is 0 Å². The molecule has 1 saturated heterocycles. The zero-order chi connectivity index (χ0) is 12.8. The van der Waals surface area contributed by atoms with Crippen molar-refractivity contribution in [2.75, 3.05) is 33.2 Å². The van der Waals surface area contributed by atoms with E-state index >= 15 is 0 Å². The van der Waals surface area contributed by atoms with Crippen molar-refractivity contribution in [1.29, 1.82) is 0 Å². The Morgan fingerprint density at radius 2 is 2.00 bits per heavy atom. The fraction of sp³-hybridized carbons (Fsp3) is 1.00. The van der Waals surface area contributed by atoms with Crippen molar-refractivity contribution < 1.29 is 0 Å². The molecule has 1 unspecified atom stereocenters. The van der Waals surface area contributed by atoms with Gasteiger partial charge in [0, 0.05) is 19.6 Å². The first-order valence-electron chi connectivity index (χ1n) is 8.15. The quantitative estimate of drug-likeness (QED) is 0.780. The Hall–Kier alpha value is -0.0800. The van der Waals surface area contributed by atoms with E-state index in [0.29, 0.717) is 5.41 Å². The summed E-state index contributed by atoms with van der Waals surface area (Å²) >= 11 is 0. The van der Waals surface area contributed by atoms with Crippen LogP contribution in [0.3, 0.4) is 0 Å². The van der Waals surface area contributed by atoms with Crippen LogP contribution < -0.4 is 5.32 Å². The van der Waals surface area contributed by atoms with Crippen molar-refractivity contribution in [2.45, 2.75) is 58.3 Å². The molecule has 18 heavy (non-hydrogen) atoms. The van der Waals surface area contributed by atoms with Gasteiger partial charge in [0.1, 0.15) is 0 Å². The summed E-state index contributed by atoms with van der Waals surface area (Å²) in [7, 11) is 2.13. The van der Waals surface area contributed by atoms with Crippen molar-refractivity contribution >= 4 is 0 Å². The summed E-state index contributed by atoms with van der Waals surface area (Å²) < 4.78 is 0. The molecule has 1 aliphatic heterocycles. The fourth-order valence-electron chi connectivity index (χ4n) is 4.24. The van der Waals surface area contributed by atoms with Crippen LogP contribution in [0, 0.1) is 11.3 Å². The Labute approximate surface area is 114 Å². The molecule has 0 aromatic heterocycles. The van der Waals surface area contributed by atoms with E-state index in [0.717, 1.165) is 5.92 Å². The van der Waals surface area contributed by atoms with Crippen molar-refractivity contribution in [3.05, 3.63) is 0 Å². The molecule has 2 aliphatic rings. The Balaban J connectivity index is 1.85. The third-order valence-corrected chi connectivity index (χ3v) is 5.09. The fourth-order valence-corrected chi connectivity index (χ4v) is 4.24. The van der Waals surface area contributed by atoms with Crippen LogP contribution in [-0.2, 0) is 0 Å². The van der Waals surface area contributed by atoms with Gasteiger partial charge < -0.3 is 10.2 Å². The number of hydrogen-bond acceptors (Lipinski definition) is 2. The number of nitrogens with zero attached hydrogens (tertiary/aromatic N) is 1. The molecule has 0 spiro atoms. The van der Waals surface area contributed by atoms with Gasteiger partial charge in [-0.05, 0) is 50.6 Å². The summed E-state index contributed by atoms with van der Waals surface area (Å²) in [4.78, 5) is 2.77. The third-order valence-electron chi connectivity index (χ3n) is 5.09. The van der Waals surface area contributed by atoms with E-state index in [1.807, 2.05) is 0 Å². The molecule has 1 saturated carbocycles. The summed E-state index contributed by atoms with van der Waals surface area (Å²) in [5.74, 6) is 0.991. The van der Waals surface area contributed by atoms with Crippen LogP contribution in [0.2, 0.25) is 0 Å². The first kappa shape index (κ1) is 14.3. The molecule has 0 amide bonds. The van der Waals surface area contributed by atoms with E-state index in [4.69, 9.17) is 0 Å². The van der Waals surface area contributed by atoms with Crippen LogP contribution in [0.15, 0.2) is 0 Å². The standard InChI is InChI=1S/C16H32N2/c1-3-7-15-8-11-18(12-15)14-16(13-17-2)9-5-4-6-10-16/h15,17H,3-14H2,1-2H3. The Bertz CT molecular complexity index is 228. The van der Waals surface area contributed by atoms with Gasteiger partial charge in [-0.2, -0.15) is 0 Å². The van der Waals surface area contributed by atoms with E-state index in [1.165, 1.54) is 77.5 Å². The summed E-state index contributed by atoms with van der Waals surface area (Å²) in [5, 5.41) is 3.46. The largest absolute Gasteiger partial charge is 0.319 e. The van der Waals surface area contributed by atoms with Gasteiger partial charge in [-0.15, -0.1) is 0 Å². The van der Waals surface area contributed by atoms with E-state index in [9.17, 15) is 0 Å². The van der Waals surface area contributed by atoms with E-state index in [-0.39, 0.29) is 0 Å². The van der Waals surface area contributed by atoms with Gasteiger partial charge in [-0.1, -0.05) is 32.6 Å². The smallest absolute Gasteiger partial charge is 0.00503 e. The molecule has 0 radical (unpaired) electrons. The lowest BCUT2D eigenvalue weighted by molar-refractivity contribution is 0.116. The Kier molecular flexibility index (Phi) is 5.50. The highest BCUT2D eigenvalue weighted by atomic mass is 15.2. The predicted molar refractivity (Wildman–Crippen MR) is 78.9 cm³/mol. The lowest BCUT2D eigenvalue weighted by Crippen LogP contribution is -2.44. The molecule has 0 bridgehead atoms. The molecule has 0 aromatic carbocycles. The molecule has 2 rings (SSSR count). The first-order valence-corrected chi connectivity index (χ1v) is 8.15. The molecule has 2 fully saturated rings. The first-order chi connectivity index (χ1) is 8.78. The van der Waals surface area contributed by atoms with Crippen LogP contribution in [-0.4, -0.2) is 38.1 Å². The monoisotopic (exact) mass is 252 g/mol. The van der Waals surface area contributed by atoms with Crippen molar-refractivity contribution in [3.8, 4) is 0 Å². The minimum absolute atomic E-state index is 0.591. The summed E-state index contributed by atoms with van der Waals surface area (Å²) in [6.07, 6.45) is 11.5. The second-order valence-electron chi connectivity index (χ2n) is 6.77. The Morgan fingerprint density at radius 3 is 2.67 bits per heavy atom. The maximum Gasteiger partial charge on any atom is 0.00503 e. The topological polar surface area (TPSA) is 15.3 Å². The van der Waals surface area contributed by atoms with Crippen LogP contribution in [0.5, 0.6) is 0 Å². The molecule has 106 valence electrons. The average Bonchev–Trinajstić information content (AvgIpc) is 2.78. The minimum atomic E-state index is 0.591. The zero-order valence-corrected chi connectivity index (χ0v) is 12.5. The lowest BCUT2D eigenvalue weighted by atomic mass is 9.73. The van der Waals surface area contributed by atoms with Crippen LogP contribution in [0.25, 0.3) is 0 Å². The third kappa shape index (κ3) is 3.71. The van der Waals surface area contributed by atoms with Gasteiger partial charge in [-0.3, -0.25) is 0 Å². The zero-order valence-electron chi connectivity index (χ0n) is 12.5. The molecular weight excluding hydrogens is 220 g/mol. The summed E-state index contributed by atoms with van der Waals surface area (Å²) in [6, 6.07) is 0. The second-order valence-corrected chi connectivity index (χ2v) is 6.77. The maximum absolute atomic E-state index is 3.46. The highest BCUT2D eigenvalue weighted by Crippen LogP contribution is 2.37. The van der Waals surface area contributed by atoms with Crippen molar-refractivity contribution in [3.63, 3.8) is 0 Å². The molecule has 1 heterocycles. The predicted octanol–water partition coefficient (Wildman–Crippen LogP) is 3.28. The van der Waals surface area contributed by atoms with Crippen molar-refractivity contribution in [2.24, 2.45) is 11.3 Å². The second kappa shape index (κ2) is 6.91. The number of nitrogens with one attached hydrogen (secondary N) is 1. The molecule has 0 aromatic rings. The van der Waals surface area contributed by atoms with Crippen LogP contribution >= 0.6 is 0 Å². The van der Waals surface area contributed by atoms with E-state index in [2.05, 4.69) is 24.2 Å².